The van der Waals surface area contributed by atoms with Gasteiger partial charge in [-0.3, -0.25) is 0 Å². The first kappa shape index (κ1) is 7.87. The lowest BCUT2D eigenvalue weighted by Gasteiger charge is -2.24. The van der Waals surface area contributed by atoms with Gasteiger partial charge in [0.15, 0.2) is 0 Å². The molecule has 56 valence electrons. The molecule has 0 amide bonds. The molecule has 0 N–H and O–H groups in total. The van der Waals surface area contributed by atoms with Gasteiger partial charge in [0.05, 0.1) is 6.07 Å². The molecule has 3 heteroatoms. The molecule has 0 aromatic rings. The zero-order valence-corrected chi connectivity index (χ0v) is 6.52. The van der Waals surface area contributed by atoms with Crippen LogP contribution in [0.15, 0.2) is 0 Å². The molecule has 10 heavy (non-hydrogen) atoms. The van der Waals surface area contributed by atoms with Crippen molar-refractivity contribution in [2.24, 2.45) is 5.92 Å². The monoisotopic (exact) mass is 159 g/mol. The summed E-state index contributed by atoms with van der Waals surface area (Å²) in [5, 5.41) is 8.32. The minimum atomic E-state index is -0.873. The zero-order valence-electron chi connectivity index (χ0n) is 5.63. The van der Waals surface area contributed by atoms with Crippen LogP contribution < -0.4 is 0 Å². The Kier molecular flexibility index (Phi) is 2.56. The summed E-state index contributed by atoms with van der Waals surface area (Å²) in [6, 6.07) is 2.08. The Labute approximate surface area is 65.6 Å². The van der Waals surface area contributed by atoms with Gasteiger partial charge in [-0.1, -0.05) is 0 Å². The normalized spacial score (nSPS) is 40.7. The summed E-state index contributed by atoms with van der Waals surface area (Å²) in [5.74, 6) is -0.0709. The van der Waals surface area contributed by atoms with Crippen molar-refractivity contribution in [2.45, 2.75) is 30.7 Å². The van der Waals surface area contributed by atoms with Gasteiger partial charge >= 0.3 is 0 Å². The highest BCUT2D eigenvalue weighted by Crippen LogP contribution is 2.29. The van der Waals surface area contributed by atoms with E-state index in [9.17, 15) is 4.39 Å². The summed E-state index contributed by atoms with van der Waals surface area (Å²) < 4.78 is 12.8. The first-order valence-electron chi connectivity index (χ1n) is 3.46. The lowest BCUT2D eigenvalue weighted by Crippen LogP contribution is -2.25. The van der Waals surface area contributed by atoms with Crippen LogP contribution in [0.25, 0.3) is 0 Å². The number of hydrogen-bond donors (Lipinski definition) is 1. The Morgan fingerprint density at radius 2 is 2.20 bits per heavy atom. The fourth-order valence-corrected chi connectivity index (χ4v) is 1.49. The summed E-state index contributed by atoms with van der Waals surface area (Å²) in [6.07, 6.45) is 1.06. The molecule has 1 saturated carbocycles. The van der Waals surface area contributed by atoms with Crippen molar-refractivity contribution in [2.75, 3.05) is 0 Å². The Bertz CT molecular complexity index is 154. The number of alkyl halides is 1. The van der Waals surface area contributed by atoms with Crippen molar-refractivity contribution in [3.63, 3.8) is 0 Å². The number of nitrogens with zero attached hydrogens (tertiary/aromatic N) is 1. The molecule has 1 aliphatic rings. The molecule has 0 aliphatic heterocycles. The molecule has 0 aromatic heterocycles. The van der Waals surface area contributed by atoms with Gasteiger partial charge in [0.25, 0.3) is 0 Å². The van der Waals surface area contributed by atoms with E-state index in [0.29, 0.717) is 6.42 Å². The van der Waals surface area contributed by atoms with Crippen LogP contribution in [0.5, 0.6) is 0 Å². The van der Waals surface area contributed by atoms with Crippen molar-refractivity contribution in [1.29, 1.82) is 5.26 Å². The largest absolute Gasteiger partial charge is 0.246 e. The molecule has 0 bridgehead atoms. The first-order chi connectivity index (χ1) is 4.74. The van der Waals surface area contributed by atoms with Gasteiger partial charge in [-0.25, -0.2) is 4.39 Å². The maximum atomic E-state index is 12.8. The third-order valence-corrected chi connectivity index (χ3v) is 2.50. The number of thiol groups is 1. The molecular weight excluding hydrogens is 149 g/mol. The minimum absolute atomic E-state index is 0.0709. The van der Waals surface area contributed by atoms with Crippen LogP contribution in [0.4, 0.5) is 4.39 Å². The third kappa shape index (κ3) is 1.63. The fourth-order valence-electron chi connectivity index (χ4n) is 1.22. The second-order valence-electron chi connectivity index (χ2n) is 2.72. The average Bonchev–Trinajstić information content (AvgIpc) is 1.95. The van der Waals surface area contributed by atoms with E-state index in [0.717, 1.165) is 12.8 Å². The van der Waals surface area contributed by atoms with Crippen molar-refractivity contribution in [1.82, 2.24) is 0 Å². The molecule has 0 radical (unpaired) electrons. The molecule has 0 aromatic carbocycles. The molecule has 0 spiro atoms. The molecule has 1 fully saturated rings. The Morgan fingerprint density at radius 3 is 2.70 bits per heavy atom. The van der Waals surface area contributed by atoms with Gasteiger partial charge in [0.1, 0.15) is 6.17 Å². The maximum absolute atomic E-state index is 12.8. The summed E-state index contributed by atoms with van der Waals surface area (Å²) in [7, 11) is 0. The summed E-state index contributed by atoms with van der Waals surface area (Å²) >= 11 is 4.05. The predicted octanol–water partition coefficient (Wildman–Crippen LogP) is 1.95. The zero-order chi connectivity index (χ0) is 7.56. The molecule has 0 heterocycles. The van der Waals surface area contributed by atoms with Gasteiger partial charge in [-0.15, -0.1) is 0 Å². The minimum Gasteiger partial charge on any atom is -0.246 e. The average molecular weight is 159 g/mol. The molecule has 3 atom stereocenters. The summed E-state index contributed by atoms with van der Waals surface area (Å²) in [5.41, 5.74) is 0. The predicted molar refractivity (Wildman–Crippen MR) is 40.6 cm³/mol. The van der Waals surface area contributed by atoms with Crippen LogP contribution in [0.1, 0.15) is 19.3 Å². The maximum Gasteiger partial charge on any atom is 0.113 e. The molecule has 1 aliphatic carbocycles. The van der Waals surface area contributed by atoms with E-state index < -0.39 is 6.17 Å². The number of halogens is 1. The van der Waals surface area contributed by atoms with E-state index in [1.807, 2.05) is 0 Å². The molecular formula is C7H10FNS. The van der Waals surface area contributed by atoms with Crippen LogP contribution in [-0.2, 0) is 0 Å². The van der Waals surface area contributed by atoms with Crippen molar-refractivity contribution in [3.05, 3.63) is 0 Å². The first-order valence-corrected chi connectivity index (χ1v) is 3.97. The van der Waals surface area contributed by atoms with Gasteiger partial charge in [-0.05, 0) is 19.3 Å². The van der Waals surface area contributed by atoms with E-state index in [4.69, 9.17) is 5.26 Å². The van der Waals surface area contributed by atoms with Gasteiger partial charge in [0, 0.05) is 11.2 Å². The van der Waals surface area contributed by atoms with Crippen molar-refractivity contribution in [3.8, 4) is 6.07 Å². The van der Waals surface area contributed by atoms with Crippen LogP contribution in [0.2, 0.25) is 0 Å². The van der Waals surface area contributed by atoms with Gasteiger partial charge in [-0.2, -0.15) is 17.9 Å². The number of rotatable bonds is 0. The smallest absolute Gasteiger partial charge is 0.113 e. The second kappa shape index (κ2) is 3.25. The highest BCUT2D eigenvalue weighted by molar-refractivity contribution is 7.81. The topological polar surface area (TPSA) is 23.8 Å². The van der Waals surface area contributed by atoms with E-state index in [1.54, 1.807) is 0 Å². The highest BCUT2D eigenvalue weighted by atomic mass is 32.1. The van der Waals surface area contributed by atoms with E-state index >= 15 is 0 Å². The van der Waals surface area contributed by atoms with Crippen LogP contribution >= 0.6 is 12.6 Å². The quantitative estimate of drug-likeness (QED) is 0.536. The Morgan fingerprint density at radius 1 is 1.50 bits per heavy atom. The highest BCUT2D eigenvalue weighted by Gasteiger charge is 2.27. The van der Waals surface area contributed by atoms with E-state index in [-0.39, 0.29) is 11.2 Å². The lowest BCUT2D eigenvalue weighted by atomic mass is 9.89. The number of nitriles is 1. The van der Waals surface area contributed by atoms with Crippen LogP contribution in [0.3, 0.4) is 0 Å². The molecule has 1 nitrogen and oxygen atoms in total. The second-order valence-corrected chi connectivity index (χ2v) is 3.39. The number of hydrogen-bond acceptors (Lipinski definition) is 2. The van der Waals surface area contributed by atoms with Crippen molar-refractivity contribution < 1.29 is 4.39 Å². The van der Waals surface area contributed by atoms with Crippen LogP contribution in [-0.4, -0.2) is 11.4 Å². The molecule has 1 rings (SSSR count). The fraction of sp³-hybridized carbons (Fsp3) is 0.857. The SMILES string of the molecule is N#CC1CCC(S)C(F)C1. The lowest BCUT2D eigenvalue weighted by molar-refractivity contribution is 0.233. The van der Waals surface area contributed by atoms with Gasteiger partial charge in [0.2, 0.25) is 0 Å². The standard InChI is InChI=1S/C7H10FNS/c8-6-3-5(4-9)1-2-7(6)10/h5-7,10H,1-3H2. The Hall–Kier alpha value is -0.230. The summed E-state index contributed by atoms with van der Waals surface area (Å²) in [6.45, 7) is 0. The third-order valence-electron chi connectivity index (χ3n) is 1.92. The van der Waals surface area contributed by atoms with Crippen LogP contribution in [0, 0.1) is 17.2 Å². The van der Waals surface area contributed by atoms with Gasteiger partial charge < -0.3 is 0 Å². The summed E-state index contributed by atoms with van der Waals surface area (Å²) in [4.78, 5) is 0. The molecule has 0 saturated heterocycles. The Balaban J connectivity index is 2.42. The van der Waals surface area contributed by atoms with E-state index in [2.05, 4.69) is 18.7 Å². The van der Waals surface area contributed by atoms with Crippen molar-refractivity contribution >= 4 is 12.6 Å². The molecule has 3 unspecified atom stereocenters. The van der Waals surface area contributed by atoms with E-state index in [1.165, 1.54) is 0 Å².